The zero-order valence-corrected chi connectivity index (χ0v) is 42.2. The van der Waals surface area contributed by atoms with Crippen LogP contribution in [-0.4, -0.2) is 187 Å². The number of carboxylic acids is 1. The highest BCUT2D eigenvalue weighted by molar-refractivity contribution is 7.80. The summed E-state index contributed by atoms with van der Waals surface area (Å²) in [4.78, 5) is 27.0. The van der Waals surface area contributed by atoms with E-state index in [0.717, 1.165) is 25.7 Å². The van der Waals surface area contributed by atoms with E-state index < -0.39 is 145 Å². The Hall–Kier alpha value is -2.01. The van der Waals surface area contributed by atoms with E-state index in [1.807, 2.05) is 0 Å². The van der Waals surface area contributed by atoms with Gasteiger partial charge in [0.1, 0.15) is 67.1 Å². The Kier molecular flexibility index (Phi) is 15.0. The summed E-state index contributed by atoms with van der Waals surface area (Å²) in [6.07, 6.45) is -19.1. The molecule has 4 saturated carbocycles. The van der Waals surface area contributed by atoms with Gasteiger partial charge in [0, 0.05) is 0 Å². The summed E-state index contributed by atoms with van der Waals surface area (Å²) in [5.41, 5.74) is -1.35. The zero-order chi connectivity index (χ0) is 52.3. The van der Waals surface area contributed by atoms with Crippen molar-refractivity contribution in [2.75, 3.05) is 13.2 Å². The standard InChI is InChI=1S/C48H76O22S/c1-43(2)14-16-48(42(60)69-40-33(56)29(52)28(51)23(19-49)64-40)17-15-46(6)21(22(48)18-43)8-9-26-45(5)12-11-27(44(3,4)25(45)10-13-47(26,46)7)66-41-37(31(54)30(53)36(67-41)38(58)59)68-39-34(57)32(55)35(24(20-50)65-39)70-71(61,62)63/h8,22-37,39-41,49-57H,9-20H2,1-7H3,(H,58,59)(H,61,62,63)/t22-,23+,24+,25-,26+,27-,28+,29-,30-,31-,32+,33+,34+,35+,36-,37+,39-,40-,41+,45-,46+,47+,48-/m0/s1. The van der Waals surface area contributed by atoms with Crippen molar-refractivity contribution in [2.45, 2.75) is 211 Å². The van der Waals surface area contributed by atoms with E-state index in [0.29, 0.717) is 38.5 Å². The fourth-order valence-corrected chi connectivity index (χ4v) is 15.8. The van der Waals surface area contributed by atoms with Crippen molar-refractivity contribution in [1.82, 2.24) is 0 Å². The van der Waals surface area contributed by atoms with Crippen LogP contribution in [0.1, 0.15) is 113 Å². The van der Waals surface area contributed by atoms with E-state index in [1.54, 1.807) is 0 Å². The van der Waals surface area contributed by atoms with E-state index in [2.05, 4.69) is 58.7 Å². The summed E-state index contributed by atoms with van der Waals surface area (Å²) in [7, 11) is -5.21. The number of aliphatic hydroxyl groups excluding tert-OH is 9. The highest BCUT2D eigenvalue weighted by Gasteiger charge is 2.70. The molecule has 5 aliphatic carbocycles. The quantitative estimate of drug-likeness (QED) is 0.0564. The Balaban J connectivity index is 1.04. The summed E-state index contributed by atoms with van der Waals surface area (Å²) in [6.45, 7) is 13.9. The van der Waals surface area contributed by atoms with Crippen molar-refractivity contribution in [1.29, 1.82) is 0 Å². The number of carbonyl (C=O) groups excluding carboxylic acids is 1. The Morgan fingerprint density at radius 3 is 1.93 bits per heavy atom. The van der Waals surface area contributed by atoms with E-state index in [1.165, 1.54) is 5.57 Å². The molecular weight excluding hydrogens is 961 g/mol. The second-order valence-corrected chi connectivity index (χ2v) is 25.0. The smallest absolute Gasteiger partial charge is 0.397 e. The number of aliphatic carboxylic acids is 1. The predicted molar refractivity (Wildman–Crippen MR) is 241 cm³/mol. The van der Waals surface area contributed by atoms with E-state index in [9.17, 15) is 73.6 Å². The monoisotopic (exact) mass is 1040 g/mol. The first-order chi connectivity index (χ1) is 32.9. The van der Waals surface area contributed by atoms with Gasteiger partial charge in [-0.05, 0) is 109 Å². The van der Waals surface area contributed by atoms with E-state index in [-0.39, 0.29) is 39.4 Å². The van der Waals surface area contributed by atoms with Crippen molar-refractivity contribution in [3.8, 4) is 0 Å². The molecule has 0 amide bonds. The van der Waals surface area contributed by atoms with Crippen LogP contribution in [0, 0.1) is 50.2 Å². The molecule has 0 aromatic heterocycles. The third kappa shape index (κ3) is 9.14. The lowest BCUT2D eigenvalue weighted by Crippen LogP contribution is -2.67. The molecule has 0 aromatic carbocycles. The summed E-state index contributed by atoms with van der Waals surface area (Å²) in [5.74, 6) is -2.17. The van der Waals surface area contributed by atoms with Crippen molar-refractivity contribution < 1.29 is 106 Å². The summed E-state index contributed by atoms with van der Waals surface area (Å²) in [5, 5.41) is 106. The topological polar surface area (TPSA) is 355 Å². The summed E-state index contributed by atoms with van der Waals surface area (Å²) in [6, 6.07) is 0. The minimum Gasteiger partial charge on any atom is -0.479 e. The maximum atomic E-state index is 14.7. The lowest BCUT2D eigenvalue weighted by Gasteiger charge is -2.71. The molecule has 3 saturated heterocycles. The van der Waals surface area contributed by atoms with E-state index in [4.69, 9.17) is 28.4 Å². The lowest BCUT2D eigenvalue weighted by atomic mass is 9.33. The van der Waals surface area contributed by atoms with Crippen LogP contribution in [0.4, 0.5) is 0 Å². The molecule has 23 heteroatoms. The third-order valence-electron chi connectivity index (χ3n) is 19.5. The van der Waals surface area contributed by atoms with Crippen molar-refractivity contribution >= 4 is 22.3 Å². The Bertz CT molecular complexity index is 2140. The average Bonchev–Trinajstić information content (AvgIpc) is 3.28. The van der Waals surface area contributed by atoms with Gasteiger partial charge >= 0.3 is 22.3 Å². The van der Waals surface area contributed by atoms with Gasteiger partial charge in [0.05, 0.1) is 24.7 Å². The Labute approximate surface area is 413 Å². The molecule has 71 heavy (non-hydrogen) atoms. The average molecular weight is 1040 g/mol. The molecule has 22 nitrogen and oxygen atoms in total. The van der Waals surface area contributed by atoms with Crippen LogP contribution >= 0.6 is 0 Å². The minimum atomic E-state index is -5.21. The summed E-state index contributed by atoms with van der Waals surface area (Å²) < 4.78 is 72.3. The van der Waals surface area contributed by atoms with Crippen LogP contribution in [0.2, 0.25) is 0 Å². The van der Waals surface area contributed by atoms with Crippen LogP contribution in [0.3, 0.4) is 0 Å². The maximum absolute atomic E-state index is 14.7. The molecular formula is C48H76O22S. The first-order valence-corrected chi connectivity index (χ1v) is 26.3. The molecule has 0 aromatic rings. The molecule has 23 atom stereocenters. The van der Waals surface area contributed by atoms with Crippen molar-refractivity contribution in [2.24, 2.45) is 50.2 Å². The number of allylic oxidation sites excluding steroid dienone is 2. The van der Waals surface area contributed by atoms with Gasteiger partial charge in [0.2, 0.25) is 6.29 Å². The highest BCUT2D eigenvalue weighted by Crippen LogP contribution is 2.76. The number of aliphatic hydroxyl groups is 9. The Morgan fingerprint density at radius 1 is 0.676 bits per heavy atom. The highest BCUT2D eigenvalue weighted by atomic mass is 32.3. The second kappa shape index (κ2) is 19.2. The minimum absolute atomic E-state index is 0.0209. The van der Waals surface area contributed by atoms with Gasteiger partial charge in [0.25, 0.3) is 0 Å². The summed E-state index contributed by atoms with van der Waals surface area (Å²) >= 11 is 0. The molecule has 3 heterocycles. The second-order valence-electron chi connectivity index (χ2n) is 24.0. The molecule has 0 radical (unpaired) electrons. The molecule has 3 aliphatic heterocycles. The third-order valence-corrected chi connectivity index (χ3v) is 20.0. The first kappa shape index (κ1) is 55.2. The maximum Gasteiger partial charge on any atom is 0.397 e. The normalized spacial score (nSPS) is 50.5. The molecule has 0 unspecified atom stereocenters. The van der Waals surface area contributed by atoms with Crippen molar-refractivity contribution in [3.05, 3.63) is 11.6 Å². The van der Waals surface area contributed by atoms with Crippen LogP contribution in [0.5, 0.6) is 0 Å². The van der Waals surface area contributed by atoms with Gasteiger partial charge < -0.3 is 79.5 Å². The number of carboxylic acid groups (broad SMARTS) is 1. The Morgan fingerprint density at radius 2 is 1.30 bits per heavy atom. The largest absolute Gasteiger partial charge is 0.479 e. The number of hydrogen-bond donors (Lipinski definition) is 11. The SMILES string of the molecule is CC1(C)CC[C@]2(C(=O)O[C@@H]3O[C@H](CO)[C@@H](O)[C@H](O)[C@H]3O)CC[C@]3(C)C(=CC[C@@H]4[C@@]5(C)CC[C@H](O[C@@H]6O[C@H](C(=O)O)[C@@H](O)[C@H](O)[C@H]6O[C@@H]6O[C@H](CO)[C@@H](OS(=O)(=O)O)[C@H](O)[C@H]6O)C(C)(C)[C@@H]5CC[C@]43C)[C@@H]2C1. The van der Waals surface area contributed by atoms with Gasteiger partial charge in [-0.2, -0.15) is 8.42 Å². The van der Waals surface area contributed by atoms with Gasteiger partial charge in [-0.1, -0.05) is 60.1 Å². The number of hydrogen-bond acceptors (Lipinski definition) is 20. The molecule has 8 rings (SSSR count). The number of rotatable bonds is 11. The van der Waals surface area contributed by atoms with Crippen molar-refractivity contribution in [3.63, 3.8) is 0 Å². The van der Waals surface area contributed by atoms with Crippen LogP contribution in [0.15, 0.2) is 11.6 Å². The molecule has 406 valence electrons. The first-order valence-electron chi connectivity index (χ1n) is 25.0. The van der Waals surface area contributed by atoms with Gasteiger partial charge in [0.15, 0.2) is 18.7 Å². The fraction of sp³-hybridized carbons (Fsp3) is 0.917. The number of ether oxygens (including phenoxy) is 6. The molecule has 7 fully saturated rings. The number of esters is 1. The van der Waals surface area contributed by atoms with E-state index >= 15 is 0 Å². The van der Waals surface area contributed by atoms with Crippen LogP contribution < -0.4 is 0 Å². The van der Waals surface area contributed by atoms with Crippen LogP contribution in [0.25, 0.3) is 0 Å². The molecule has 0 bridgehead atoms. The van der Waals surface area contributed by atoms with Crippen LogP contribution in [-0.2, 0) is 52.6 Å². The lowest BCUT2D eigenvalue weighted by molar-refractivity contribution is -0.373. The van der Waals surface area contributed by atoms with Gasteiger partial charge in [-0.15, -0.1) is 0 Å². The number of carbonyl (C=O) groups is 2. The molecule has 0 spiro atoms. The fourth-order valence-electron chi connectivity index (χ4n) is 15.3. The zero-order valence-electron chi connectivity index (χ0n) is 41.4. The van der Waals surface area contributed by atoms with Gasteiger partial charge in [-0.25, -0.2) is 8.98 Å². The number of fused-ring (bicyclic) bond motifs is 7. The predicted octanol–water partition coefficient (Wildman–Crippen LogP) is 0.0599. The molecule has 8 aliphatic rings. The van der Waals surface area contributed by atoms with Gasteiger partial charge in [-0.3, -0.25) is 9.35 Å². The molecule has 11 N–H and O–H groups in total.